The van der Waals surface area contributed by atoms with Gasteiger partial charge in [-0.05, 0) is 53.3 Å². The summed E-state index contributed by atoms with van der Waals surface area (Å²) in [6.45, 7) is 6.22. The van der Waals surface area contributed by atoms with E-state index >= 15 is 0 Å². The van der Waals surface area contributed by atoms with Gasteiger partial charge >= 0.3 is 0 Å². The molecule has 2 aromatic heterocycles. The zero-order valence-electron chi connectivity index (χ0n) is 16.7. The monoisotopic (exact) mass is 384 g/mol. The summed E-state index contributed by atoms with van der Waals surface area (Å²) in [6, 6.07) is 14.8. The Morgan fingerprint density at radius 1 is 1.07 bits per heavy atom. The van der Waals surface area contributed by atoms with E-state index in [1.54, 1.807) is 0 Å². The Kier molecular flexibility index (Phi) is 4.39. The van der Waals surface area contributed by atoms with Gasteiger partial charge in [0.25, 0.3) is 0 Å². The second-order valence-corrected chi connectivity index (χ2v) is 8.10. The highest BCUT2D eigenvalue weighted by atomic mass is 15.3. The molecule has 0 atom stereocenters. The van der Waals surface area contributed by atoms with Gasteiger partial charge in [0.1, 0.15) is 5.82 Å². The first kappa shape index (κ1) is 17.7. The number of rotatable bonds is 5. The minimum absolute atomic E-state index is 0.665. The molecule has 29 heavy (non-hydrogen) atoms. The summed E-state index contributed by atoms with van der Waals surface area (Å²) in [5.41, 5.74) is 6.16. The van der Waals surface area contributed by atoms with Crippen LogP contribution in [0.1, 0.15) is 30.5 Å². The zero-order valence-corrected chi connectivity index (χ0v) is 16.7. The lowest BCUT2D eigenvalue weighted by Crippen LogP contribution is -2.17. The first-order valence-electron chi connectivity index (χ1n) is 10.0. The summed E-state index contributed by atoms with van der Waals surface area (Å²) in [5.74, 6) is 2.20. The topological polar surface area (TPSA) is 69.7 Å². The fraction of sp³-hybridized carbons (Fsp3) is 0.261. The maximum Gasteiger partial charge on any atom is 0.227 e. The van der Waals surface area contributed by atoms with Crippen LogP contribution < -0.4 is 10.2 Å². The average Bonchev–Trinajstić information content (AvgIpc) is 3.33. The summed E-state index contributed by atoms with van der Waals surface area (Å²) < 4.78 is 0. The van der Waals surface area contributed by atoms with Crippen LogP contribution >= 0.6 is 0 Å². The largest absolute Gasteiger partial charge is 0.340 e. The quantitative estimate of drug-likeness (QED) is 0.516. The molecule has 0 saturated heterocycles. The molecular formula is C23H24N6. The number of nitrogens with one attached hydrogen (secondary N) is 2. The van der Waals surface area contributed by atoms with Crippen molar-refractivity contribution in [3.63, 3.8) is 0 Å². The van der Waals surface area contributed by atoms with Crippen LogP contribution in [0.4, 0.5) is 17.5 Å². The summed E-state index contributed by atoms with van der Waals surface area (Å²) in [5, 5.41) is 11.5. The van der Waals surface area contributed by atoms with Crippen molar-refractivity contribution in [3.05, 3.63) is 71.5 Å². The molecule has 6 nitrogen and oxygen atoms in total. The van der Waals surface area contributed by atoms with Crippen molar-refractivity contribution < 1.29 is 0 Å². The van der Waals surface area contributed by atoms with E-state index in [2.05, 4.69) is 63.5 Å². The molecule has 146 valence electrons. The van der Waals surface area contributed by atoms with Gasteiger partial charge in [0.2, 0.25) is 5.95 Å². The van der Waals surface area contributed by atoms with Gasteiger partial charge in [-0.3, -0.25) is 5.10 Å². The van der Waals surface area contributed by atoms with Crippen LogP contribution in [0.3, 0.4) is 0 Å². The number of benzene rings is 2. The Morgan fingerprint density at radius 2 is 1.97 bits per heavy atom. The fourth-order valence-electron chi connectivity index (χ4n) is 3.93. The average molecular weight is 384 g/mol. The van der Waals surface area contributed by atoms with E-state index in [-0.39, 0.29) is 0 Å². The van der Waals surface area contributed by atoms with E-state index in [0.717, 1.165) is 47.9 Å². The molecule has 0 radical (unpaired) electrons. The van der Waals surface area contributed by atoms with E-state index in [1.807, 2.05) is 30.6 Å². The second-order valence-electron chi connectivity index (χ2n) is 8.10. The summed E-state index contributed by atoms with van der Waals surface area (Å²) >= 11 is 0. The molecule has 0 amide bonds. The van der Waals surface area contributed by atoms with Crippen LogP contribution in [-0.2, 0) is 19.5 Å². The number of anilines is 3. The number of nitrogens with zero attached hydrogens (tertiary/aromatic N) is 4. The second kappa shape index (κ2) is 7.20. The van der Waals surface area contributed by atoms with Gasteiger partial charge in [-0.25, -0.2) is 4.98 Å². The van der Waals surface area contributed by atoms with Gasteiger partial charge in [-0.15, -0.1) is 0 Å². The number of aromatic nitrogens is 4. The minimum Gasteiger partial charge on any atom is -0.340 e. The van der Waals surface area contributed by atoms with Gasteiger partial charge in [0, 0.05) is 30.4 Å². The maximum atomic E-state index is 4.75. The number of H-pyrrole nitrogens is 1. The molecule has 0 saturated carbocycles. The molecule has 0 unspecified atom stereocenters. The molecule has 0 fully saturated rings. The van der Waals surface area contributed by atoms with Crippen LogP contribution in [0.5, 0.6) is 0 Å². The van der Waals surface area contributed by atoms with Gasteiger partial charge in [-0.2, -0.15) is 10.1 Å². The first-order chi connectivity index (χ1) is 14.1. The van der Waals surface area contributed by atoms with E-state index in [0.29, 0.717) is 5.92 Å². The molecule has 0 bridgehead atoms. The highest BCUT2D eigenvalue weighted by Gasteiger charge is 2.21. The number of fused-ring (bicyclic) bond motifs is 2. The maximum absolute atomic E-state index is 4.75. The van der Waals surface area contributed by atoms with Gasteiger partial charge in [-0.1, -0.05) is 32.0 Å². The molecule has 2 N–H and O–H groups in total. The van der Waals surface area contributed by atoms with Crippen molar-refractivity contribution in [2.75, 3.05) is 10.2 Å². The van der Waals surface area contributed by atoms with Crippen LogP contribution in [-0.4, -0.2) is 20.2 Å². The van der Waals surface area contributed by atoms with E-state index in [9.17, 15) is 0 Å². The molecule has 6 heteroatoms. The summed E-state index contributed by atoms with van der Waals surface area (Å²) in [4.78, 5) is 11.5. The number of hydrogen-bond acceptors (Lipinski definition) is 5. The summed E-state index contributed by atoms with van der Waals surface area (Å²) in [7, 11) is 0. The Morgan fingerprint density at radius 3 is 2.86 bits per heavy atom. The highest BCUT2D eigenvalue weighted by Crippen LogP contribution is 2.28. The minimum atomic E-state index is 0.665. The van der Waals surface area contributed by atoms with Crippen molar-refractivity contribution in [3.8, 4) is 0 Å². The third-order valence-electron chi connectivity index (χ3n) is 5.28. The predicted molar refractivity (Wildman–Crippen MR) is 116 cm³/mol. The Bertz CT molecular complexity index is 1160. The number of hydrogen-bond donors (Lipinski definition) is 2. The fourth-order valence-corrected chi connectivity index (χ4v) is 3.93. The Hall–Kier alpha value is -3.41. The van der Waals surface area contributed by atoms with Crippen LogP contribution in [0.2, 0.25) is 0 Å². The molecule has 2 aromatic carbocycles. The van der Waals surface area contributed by atoms with Gasteiger partial charge < -0.3 is 10.2 Å². The van der Waals surface area contributed by atoms with Crippen molar-refractivity contribution in [2.24, 2.45) is 5.92 Å². The standard InChI is InChI=1S/C23H24N6/c1-15(2)9-16-3-4-17-13-29(14-19(17)10-16)23-24-8-7-22(27-23)26-20-5-6-21-18(11-20)12-25-28-21/h3-8,10-12,15H,9,13-14H2,1-2H3,(H,25,28)(H,24,26,27). The van der Waals surface area contributed by atoms with Crippen molar-refractivity contribution in [2.45, 2.75) is 33.4 Å². The lowest BCUT2D eigenvalue weighted by atomic mass is 9.99. The van der Waals surface area contributed by atoms with Gasteiger partial charge in [0.15, 0.2) is 0 Å². The van der Waals surface area contributed by atoms with Gasteiger partial charge in [0.05, 0.1) is 11.7 Å². The molecule has 1 aliphatic rings. The van der Waals surface area contributed by atoms with Crippen LogP contribution in [0.15, 0.2) is 54.9 Å². The van der Waals surface area contributed by atoms with E-state index in [1.165, 1.54) is 16.7 Å². The first-order valence-corrected chi connectivity index (χ1v) is 10.0. The summed E-state index contributed by atoms with van der Waals surface area (Å²) in [6.07, 6.45) is 4.75. The molecule has 4 aromatic rings. The third kappa shape index (κ3) is 3.66. The molecule has 0 aliphatic carbocycles. The Labute approximate surface area is 170 Å². The van der Waals surface area contributed by atoms with E-state index in [4.69, 9.17) is 4.98 Å². The zero-order chi connectivity index (χ0) is 19.8. The molecular weight excluding hydrogens is 360 g/mol. The molecule has 1 aliphatic heterocycles. The Balaban J connectivity index is 1.34. The molecule has 3 heterocycles. The smallest absolute Gasteiger partial charge is 0.227 e. The van der Waals surface area contributed by atoms with Crippen LogP contribution in [0, 0.1) is 5.92 Å². The lowest BCUT2D eigenvalue weighted by molar-refractivity contribution is 0.647. The van der Waals surface area contributed by atoms with E-state index < -0.39 is 0 Å². The number of aromatic amines is 1. The lowest BCUT2D eigenvalue weighted by Gasteiger charge is -2.16. The van der Waals surface area contributed by atoms with Crippen molar-refractivity contribution in [1.29, 1.82) is 0 Å². The van der Waals surface area contributed by atoms with Crippen LogP contribution in [0.25, 0.3) is 10.9 Å². The SMILES string of the molecule is CC(C)Cc1ccc2c(c1)CN(c1nccc(Nc3ccc4[nH]ncc4c3)n1)C2. The molecule has 5 rings (SSSR count). The highest BCUT2D eigenvalue weighted by molar-refractivity contribution is 5.82. The van der Waals surface area contributed by atoms with Crippen molar-refractivity contribution in [1.82, 2.24) is 20.2 Å². The molecule has 0 spiro atoms. The van der Waals surface area contributed by atoms with Crippen molar-refractivity contribution >= 4 is 28.4 Å². The predicted octanol–water partition coefficient (Wildman–Crippen LogP) is 4.82. The normalized spacial score (nSPS) is 13.3. The third-order valence-corrected chi connectivity index (χ3v) is 5.28.